The number of hydrogen-bond acceptors (Lipinski definition) is 4. The third-order valence-electron chi connectivity index (χ3n) is 3.02. The number of carbonyl (C=O) groups is 1. The Balaban J connectivity index is 2.31. The first-order valence-corrected chi connectivity index (χ1v) is 7.74. The molecule has 2 aromatic rings. The van der Waals surface area contributed by atoms with Crippen molar-refractivity contribution in [2.24, 2.45) is 0 Å². The van der Waals surface area contributed by atoms with Gasteiger partial charge in [-0.3, -0.25) is 4.98 Å². The smallest absolute Gasteiger partial charge is 0.338 e. The lowest BCUT2D eigenvalue weighted by atomic mass is 10.1. The van der Waals surface area contributed by atoms with Gasteiger partial charge < -0.3 is 5.11 Å². The van der Waals surface area contributed by atoms with Crippen LogP contribution in [0.15, 0.2) is 47.6 Å². The zero-order valence-corrected chi connectivity index (χ0v) is 12.3. The van der Waals surface area contributed by atoms with E-state index in [1.54, 1.807) is 19.1 Å². The topological polar surface area (TPSA) is 96.4 Å². The number of halogens is 1. The van der Waals surface area contributed by atoms with Crippen molar-refractivity contribution in [2.45, 2.75) is 17.9 Å². The minimum absolute atomic E-state index is 0.313. The Hall–Kier alpha value is -2.32. The number of benzene rings is 1. The number of hydrogen-bond donors (Lipinski definition) is 2. The molecule has 0 aliphatic heterocycles. The summed E-state index contributed by atoms with van der Waals surface area (Å²) in [6.45, 7) is 1.63. The van der Waals surface area contributed by atoms with E-state index in [-0.39, 0.29) is 4.90 Å². The number of nitrogens with zero attached hydrogens (tertiary/aromatic N) is 1. The highest BCUT2D eigenvalue weighted by atomic mass is 32.2. The zero-order chi connectivity index (χ0) is 16.3. The predicted octanol–water partition coefficient (Wildman–Crippen LogP) is 1.96. The van der Waals surface area contributed by atoms with Gasteiger partial charge in [-0.25, -0.2) is 22.3 Å². The number of pyridine rings is 1. The summed E-state index contributed by atoms with van der Waals surface area (Å²) in [5, 5.41) is 8.85. The summed E-state index contributed by atoms with van der Waals surface area (Å²) in [5.41, 5.74) is -0.00131. The van der Waals surface area contributed by atoms with Gasteiger partial charge in [-0.15, -0.1) is 0 Å². The summed E-state index contributed by atoms with van der Waals surface area (Å²) in [5.74, 6) is -2.52. The van der Waals surface area contributed by atoms with Crippen LogP contribution in [0.25, 0.3) is 0 Å². The van der Waals surface area contributed by atoms with Crippen LogP contribution in [0.5, 0.6) is 0 Å². The molecule has 0 aliphatic carbocycles. The summed E-state index contributed by atoms with van der Waals surface area (Å²) < 4.78 is 40.3. The minimum atomic E-state index is -3.98. The average Bonchev–Trinajstić information content (AvgIpc) is 2.47. The van der Waals surface area contributed by atoms with Gasteiger partial charge in [0.2, 0.25) is 10.0 Å². The van der Waals surface area contributed by atoms with Gasteiger partial charge in [0.15, 0.2) is 0 Å². The van der Waals surface area contributed by atoms with Crippen LogP contribution in [0.1, 0.15) is 28.9 Å². The number of aromatic carboxylic acids is 1. The lowest BCUT2D eigenvalue weighted by Crippen LogP contribution is -2.27. The van der Waals surface area contributed by atoms with E-state index in [0.717, 1.165) is 18.2 Å². The Kier molecular flexibility index (Phi) is 4.53. The molecule has 0 saturated heterocycles. The second-order valence-corrected chi connectivity index (χ2v) is 6.28. The molecule has 0 aliphatic rings. The van der Waals surface area contributed by atoms with Gasteiger partial charge in [-0.05, 0) is 42.8 Å². The van der Waals surface area contributed by atoms with Crippen molar-refractivity contribution in [1.29, 1.82) is 0 Å². The summed E-state index contributed by atoms with van der Waals surface area (Å²) in [6, 6.07) is 5.38. The van der Waals surface area contributed by atoms with Crippen LogP contribution in [-0.4, -0.2) is 24.5 Å². The van der Waals surface area contributed by atoms with Crippen LogP contribution in [0.4, 0.5) is 4.39 Å². The van der Waals surface area contributed by atoms with Crippen molar-refractivity contribution in [3.8, 4) is 0 Å². The van der Waals surface area contributed by atoms with Gasteiger partial charge in [-0.2, -0.15) is 0 Å². The van der Waals surface area contributed by atoms with E-state index in [0.29, 0.717) is 5.56 Å². The minimum Gasteiger partial charge on any atom is -0.478 e. The molecule has 0 fully saturated rings. The van der Waals surface area contributed by atoms with Crippen molar-refractivity contribution in [1.82, 2.24) is 9.71 Å². The van der Waals surface area contributed by atoms with Crippen molar-refractivity contribution in [3.63, 3.8) is 0 Å². The van der Waals surface area contributed by atoms with Crippen molar-refractivity contribution >= 4 is 16.0 Å². The summed E-state index contributed by atoms with van der Waals surface area (Å²) in [6.07, 6.45) is 3.06. The van der Waals surface area contributed by atoms with Crippen molar-refractivity contribution < 1.29 is 22.7 Å². The van der Waals surface area contributed by atoms with Gasteiger partial charge in [0.1, 0.15) is 5.82 Å². The maximum Gasteiger partial charge on any atom is 0.338 e. The molecule has 1 aromatic carbocycles. The standard InChI is InChI=1S/C14H13FN2O4S/c1-9(10-4-6-16-7-5-10)17-22(20,21)11-2-3-13(15)12(8-11)14(18)19/h2-9,17H,1H3,(H,18,19)/t9-/m0/s1. The zero-order valence-electron chi connectivity index (χ0n) is 11.5. The lowest BCUT2D eigenvalue weighted by molar-refractivity contribution is 0.0691. The van der Waals surface area contributed by atoms with E-state index in [1.807, 2.05) is 0 Å². The molecule has 116 valence electrons. The number of rotatable bonds is 5. The Morgan fingerprint density at radius 3 is 2.50 bits per heavy atom. The van der Waals surface area contributed by atoms with E-state index < -0.39 is 33.4 Å². The third kappa shape index (κ3) is 3.46. The van der Waals surface area contributed by atoms with E-state index >= 15 is 0 Å². The molecule has 0 amide bonds. The number of aromatic nitrogens is 1. The van der Waals surface area contributed by atoms with Crippen LogP contribution in [0, 0.1) is 5.82 Å². The molecule has 0 bridgehead atoms. The molecule has 0 unspecified atom stereocenters. The Labute approximate surface area is 126 Å². The molecule has 8 heteroatoms. The Morgan fingerprint density at radius 2 is 1.91 bits per heavy atom. The molecule has 2 N–H and O–H groups in total. The SMILES string of the molecule is C[C@H](NS(=O)(=O)c1ccc(F)c(C(=O)O)c1)c1ccncc1. The number of carboxylic acids is 1. The molecule has 6 nitrogen and oxygen atoms in total. The van der Waals surface area contributed by atoms with Crippen LogP contribution in [-0.2, 0) is 10.0 Å². The quantitative estimate of drug-likeness (QED) is 0.876. The molecular formula is C14H13FN2O4S. The molecule has 1 atom stereocenters. The van der Waals surface area contributed by atoms with Crippen LogP contribution in [0.2, 0.25) is 0 Å². The summed E-state index contributed by atoms with van der Waals surface area (Å²) in [4.78, 5) is 14.4. The molecule has 1 heterocycles. The van der Waals surface area contributed by atoms with Gasteiger partial charge in [0.05, 0.1) is 10.5 Å². The van der Waals surface area contributed by atoms with Crippen molar-refractivity contribution in [3.05, 3.63) is 59.7 Å². The highest BCUT2D eigenvalue weighted by Gasteiger charge is 2.21. The largest absolute Gasteiger partial charge is 0.478 e. The molecule has 22 heavy (non-hydrogen) atoms. The average molecular weight is 324 g/mol. The lowest BCUT2D eigenvalue weighted by Gasteiger charge is -2.14. The van der Waals surface area contributed by atoms with Crippen LogP contribution in [0.3, 0.4) is 0 Å². The Morgan fingerprint density at radius 1 is 1.27 bits per heavy atom. The predicted molar refractivity (Wildman–Crippen MR) is 76.3 cm³/mol. The maximum absolute atomic E-state index is 13.3. The first-order valence-electron chi connectivity index (χ1n) is 6.26. The van der Waals surface area contributed by atoms with Crippen molar-refractivity contribution in [2.75, 3.05) is 0 Å². The van der Waals surface area contributed by atoms with E-state index in [9.17, 15) is 17.6 Å². The second-order valence-electron chi connectivity index (χ2n) is 4.57. The molecule has 0 saturated carbocycles. The van der Waals surface area contributed by atoms with E-state index in [2.05, 4.69) is 9.71 Å². The number of carboxylic acid groups (broad SMARTS) is 1. The molecular weight excluding hydrogens is 311 g/mol. The van der Waals surface area contributed by atoms with E-state index in [1.165, 1.54) is 12.4 Å². The summed E-state index contributed by atoms with van der Waals surface area (Å²) in [7, 11) is -3.98. The van der Waals surface area contributed by atoms with Crippen LogP contribution >= 0.6 is 0 Å². The van der Waals surface area contributed by atoms with E-state index in [4.69, 9.17) is 5.11 Å². The first-order chi connectivity index (χ1) is 10.3. The van der Waals surface area contributed by atoms with Crippen LogP contribution < -0.4 is 4.72 Å². The monoisotopic (exact) mass is 324 g/mol. The fourth-order valence-corrected chi connectivity index (χ4v) is 3.11. The highest BCUT2D eigenvalue weighted by molar-refractivity contribution is 7.89. The van der Waals surface area contributed by atoms with Gasteiger partial charge in [0.25, 0.3) is 0 Å². The Bertz CT molecular complexity index is 794. The molecule has 1 aromatic heterocycles. The van der Waals surface area contributed by atoms with Gasteiger partial charge in [-0.1, -0.05) is 0 Å². The maximum atomic E-state index is 13.3. The normalized spacial score (nSPS) is 12.8. The third-order valence-corrected chi connectivity index (χ3v) is 4.55. The highest BCUT2D eigenvalue weighted by Crippen LogP contribution is 2.19. The van der Waals surface area contributed by atoms with Gasteiger partial charge >= 0.3 is 5.97 Å². The second kappa shape index (κ2) is 6.20. The number of sulfonamides is 1. The number of nitrogens with one attached hydrogen (secondary N) is 1. The molecule has 2 rings (SSSR count). The fourth-order valence-electron chi connectivity index (χ4n) is 1.86. The molecule has 0 radical (unpaired) electrons. The van der Waals surface area contributed by atoms with Gasteiger partial charge in [0, 0.05) is 18.4 Å². The first kappa shape index (κ1) is 16.1. The fraction of sp³-hybridized carbons (Fsp3) is 0.143. The summed E-state index contributed by atoms with van der Waals surface area (Å²) >= 11 is 0. The molecule has 0 spiro atoms.